The molecule has 2 rings (SSSR count). The van der Waals surface area contributed by atoms with Gasteiger partial charge < -0.3 is 10.2 Å². The molecule has 9 heteroatoms. The van der Waals surface area contributed by atoms with E-state index in [-0.39, 0.29) is 17.6 Å². The van der Waals surface area contributed by atoms with Crippen LogP contribution >= 0.6 is 0 Å². The Morgan fingerprint density at radius 3 is 1.75 bits per heavy atom. The van der Waals surface area contributed by atoms with Crippen LogP contribution < -0.4 is 5.32 Å². The first-order valence-corrected chi connectivity index (χ1v) is 18.6. The van der Waals surface area contributed by atoms with Crippen LogP contribution in [-0.2, 0) is 18.8 Å². The highest BCUT2D eigenvalue weighted by atomic mass is 19.4. The summed E-state index contributed by atoms with van der Waals surface area (Å²) in [5.41, 5.74) is 1.88. The summed E-state index contributed by atoms with van der Waals surface area (Å²) in [7, 11) is 2.21. The molecule has 0 aliphatic rings. The summed E-state index contributed by atoms with van der Waals surface area (Å²) in [6.45, 7) is 20.7. The van der Waals surface area contributed by atoms with Crippen LogP contribution in [-0.4, -0.2) is 30.9 Å². The Labute approximate surface area is 305 Å². The number of allylic oxidation sites excluding steroid dienone is 5. The molecule has 0 aliphatic heterocycles. The van der Waals surface area contributed by atoms with Gasteiger partial charge >= 0.3 is 12.4 Å². The van der Waals surface area contributed by atoms with E-state index < -0.39 is 23.5 Å². The fourth-order valence-corrected chi connectivity index (χ4v) is 5.00. The Bertz CT molecular complexity index is 1330. The maximum Gasteiger partial charge on any atom is 0.416 e. The van der Waals surface area contributed by atoms with Crippen LogP contribution in [0.5, 0.6) is 0 Å². The van der Waals surface area contributed by atoms with Gasteiger partial charge in [0.1, 0.15) is 5.84 Å². The lowest BCUT2D eigenvalue weighted by Crippen LogP contribution is -2.20. The second-order valence-electron chi connectivity index (χ2n) is 12.3. The van der Waals surface area contributed by atoms with Crippen molar-refractivity contribution in [1.29, 1.82) is 0 Å². The number of unbranched alkanes of at least 4 members (excludes halogenated alkanes) is 4. The Morgan fingerprint density at radius 2 is 1.27 bits per heavy atom. The lowest BCUT2D eigenvalue weighted by Gasteiger charge is -2.16. The molecule has 0 saturated carbocycles. The summed E-state index contributed by atoms with van der Waals surface area (Å²) in [4.78, 5) is 6.83. The highest BCUT2D eigenvalue weighted by Gasteiger charge is 2.37. The smallest absolute Gasteiger partial charge is 0.344 e. The molecule has 0 heterocycles. The predicted molar refractivity (Wildman–Crippen MR) is 207 cm³/mol. The Morgan fingerprint density at radius 1 is 0.725 bits per heavy atom. The molecule has 3 nitrogen and oxygen atoms in total. The van der Waals surface area contributed by atoms with Gasteiger partial charge in [-0.25, -0.2) is 4.99 Å². The minimum Gasteiger partial charge on any atom is -0.344 e. The second-order valence-corrected chi connectivity index (χ2v) is 12.3. The third kappa shape index (κ3) is 19.2. The van der Waals surface area contributed by atoms with Crippen LogP contribution in [0.1, 0.15) is 136 Å². The van der Waals surface area contributed by atoms with Crippen molar-refractivity contribution in [3.63, 3.8) is 0 Å². The van der Waals surface area contributed by atoms with Gasteiger partial charge in [0.25, 0.3) is 0 Å². The van der Waals surface area contributed by atoms with E-state index in [2.05, 4.69) is 93.3 Å². The highest BCUT2D eigenvalue weighted by molar-refractivity contribution is 5.94. The Balaban J connectivity index is 0.00000179. The number of alkyl halides is 6. The fraction of sp³-hybridized carbons (Fsp3) is 0.548. The highest BCUT2D eigenvalue weighted by Crippen LogP contribution is 2.37. The zero-order chi connectivity index (χ0) is 39.0. The molecule has 0 aliphatic carbocycles. The van der Waals surface area contributed by atoms with Crippen molar-refractivity contribution in [3.8, 4) is 0 Å². The second kappa shape index (κ2) is 25.6. The molecule has 51 heavy (non-hydrogen) atoms. The summed E-state index contributed by atoms with van der Waals surface area (Å²) < 4.78 is 79.6. The normalized spacial score (nSPS) is 13.0. The van der Waals surface area contributed by atoms with Crippen molar-refractivity contribution in [2.24, 2.45) is 4.99 Å². The van der Waals surface area contributed by atoms with Crippen LogP contribution in [0.4, 0.5) is 32.0 Å². The molecule has 0 fully saturated rings. The standard InChI is InChI=1S/C31H36F6N2.C9H21N.C2H6/c1-6-9-11-21(4)29(28(12-10-7-2)24-15-13-23(8-3)14-16-24)20-38-22(5)39-27-18-25(30(32,33)34)17-26(19-27)31(35,36)37;1-4-6-7-9-10(3)8-5-2;1-2/h11-20H,6-10H2,1-5H3,(H,38,39);4-9H2,1-3H3;1-2H3/b21-11+,28-12-,29-20+;;. The number of nitrogens with zero attached hydrogens (tertiary/aromatic N) is 2. The first-order valence-electron chi connectivity index (χ1n) is 18.6. The minimum absolute atomic E-state index is 0.103. The predicted octanol–water partition coefficient (Wildman–Crippen LogP) is 14.2. The Kier molecular flexibility index (Phi) is 23.9. The zero-order valence-corrected chi connectivity index (χ0v) is 32.7. The van der Waals surface area contributed by atoms with Gasteiger partial charge in [0.2, 0.25) is 0 Å². The van der Waals surface area contributed by atoms with Gasteiger partial charge in [-0.15, -0.1) is 0 Å². The topological polar surface area (TPSA) is 27.6 Å². The number of hydrogen-bond acceptors (Lipinski definition) is 2. The first kappa shape index (κ1) is 47.7. The van der Waals surface area contributed by atoms with Crippen LogP contribution in [0.25, 0.3) is 5.57 Å². The van der Waals surface area contributed by atoms with E-state index in [0.29, 0.717) is 12.1 Å². The lowest BCUT2D eigenvalue weighted by molar-refractivity contribution is -0.143. The van der Waals surface area contributed by atoms with Crippen LogP contribution in [0, 0.1) is 0 Å². The molecule has 0 unspecified atom stereocenters. The first-order chi connectivity index (χ1) is 24.1. The summed E-state index contributed by atoms with van der Waals surface area (Å²) in [6, 6.07) is 9.64. The molecule has 2 aromatic carbocycles. The summed E-state index contributed by atoms with van der Waals surface area (Å²) >= 11 is 0. The molecule has 0 aromatic heterocycles. The summed E-state index contributed by atoms with van der Waals surface area (Å²) in [5.74, 6) is 0.152. The molecule has 0 radical (unpaired) electrons. The SMILES string of the molecule is CC.CCCCCN(C)CCC.CCC\C=C(C(=C/N=C(C)Nc1cc(C(F)(F)F)cc(C(F)(F)F)c1)/C(C)=C/CCC)\c1ccc(CC)cc1. The third-order valence-electron chi connectivity index (χ3n) is 7.81. The van der Waals surface area contributed by atoms with Crippen molar-refractivity contribution in [2.75, 3.05) is 25.5 Å². The van der Waals surface area contributed by atoms with E-state index in [0.717, 1.165) is 54.4 Å². The molecule has 288 valence electrons. The fourth-order valence-electron chi connectivity index (χ4n) is 5.00. The number of hydrogen-bond donors (Lipinski definition) is 1. The third-order valence-corrected chi connectivity index (χ3v) is 7.81. The molecule has 0 amide bonds. The Hall–Kier alpha value is -3.33. The molecule has 0 bridgehead atoms. The van der Waals surface area contributed by atoms with Gasteiger partial charge in [-0.1, -0.05) is 111 Å². The average Bonchev–Trinajstić information content (AvgIpc) is 3.09. The summed E-state index contributed by atoms with van der Waals surface area (Å²) in [5, 5.41) is 2.61. The van der Waals surface area contributed by atoms with Gasteiger partial charge in [0.15, 0.2) is 0 Å². The quantitative estimate of drug-likeness (QED) is 0.0614. The number of benzene rings is 2. The van der Waals surface area contributed by atoms with Gasteiger partial charge in [0.05, 0.1) is 11.1 Å². The zero-order valence-electron chi connectivity index (χ0n) is 32.7. The number of aryl methyl sites for hydroxylation is 1. The summed E-state index contributed by atoms with van der Waals surface area (Å²) in [6.07, 6.45) is 5.84. The van der Waals surface area contributed by atoms with Gasteiger partial charge in [0, 0.05) is 17.5 Å². The van der Waals surface area contributed by atoms with E-state index in [1.165, 1.54) is 51.3 Å². The average molecular weight is 724 g/mol. The van der Waals surface area contributed by atoms with Crippen molar-refractivity contribution < 1.29 is 26.3 Å². The number of anilines is 1. The van der Waals surface area contributed by atoms with Gasteiger partial charge in [-0.2, -0.15) is 26.3 Å². The molecular weight excluding hydrogens is 660 g/mol. The largest absolute Gasteiger partial charge is 0.416 e. The molecule has 0 spiro atoms. The minimum atomic E-state index is -4.93. The monoisotopic (exact) mass is 723 g/mol. The molecule has 2 aromatic rings. The maximum atomic E-state index is 13.3. The maximum absolute atomic E-state index is 13.3. The van der Waals surface area contributed by atoms with Crippen molar-refractivity contribution in [3.05, 3.63) is 94.2 Å². The number of nitrogens with one attached hydrogen (secondary N) is 1. The molecular formula is C42H63F6N3. The molecule has 0 atom stereocenters. The van der Waals surface area contributed by atoms with Crippen molar-refractivity contribution in [2.45, 2.75) is 132 Å². The van der Waals surface area contributed by atoms with Crippen molar-refractivity contribution >= 4 is 17.1 Å². The van der Waals surface area contributed by atoms with E-state index >= 15 is 0 Å². The van der Waals surface area contributed by atoms with E-state index in [9.17, 15) is 26.3 Å². The van der Waals surface area contributed by atoms with Crippen LogP contribution in [0.2, 0.25) is 0 Å². The van der Waals surface area contributed by atoms with Crippen LogP contribution in [0.15, 0.2) is 77.0 Å². The number of halogens is 6. The molecule has 1 N–H and O–H groups in total. The van der Waals surface area contributed by atoms with Crippen LogP contribution in [0.3, 0.4) is 0 Å². The van der Waals surface area contributed by atoms with E-state index in [1.807, 2.05) is 20.8 Å². The van der Waals surface area contributed by atoms with Gasteiger partial charge in [-0.3, -0.25) is 0 Å². The number of amidine groups is 1. The van der Waals surface area contributed by atoms with E-state index in [4.69, 9.17) is 0 Å². The number of rotatable bonds is 16. The van der Waals surface area contributed by atoms with E-state index in [1.54, 1.807) is 6.20 Å². The molecule has 0 saturated heterocycles. The van der Waals surface area contributed by atoms with Crippen molar-refractivity contribution in [1.82, 2.24) is 4.90 Å². The number of aliphatic imine (C=N–C) groups is 1. The lowest BCUT2D eigenvalue weighted by atomic mass is 9.91. The van der Waals surface area contributed by atoms with Gasteiger partial charge in [-0.05, 0) is 107 Å².